The van der Waals surface area contributed by atoms with E-state index in [0.29, 0.717) is 23.3 Å². The summed E-state index contributed by atoms with van der Waals surface area (Å²) in [5.41, 5.74) is 0.954. The van der Waals surface area contributed by atoms with Crippen LogP contribution >= 0.6 is 0 Å². The van der Waals surface area contributed by atoms with Gasteiger partial charge in [-0.2, -0.15) is 0 Å². The second kappa shape index (κ2) is 6.45. The molecule has 1 amide bonds. The molecule has 0 unspecified atom stereocenters. The van der Waals surface area contributed by atoms with Gasteiger partial charge in [-0.25, -0.2) is 4.98 Å². The Balaban J connectivity index is 1.75. The Bertz CT molecular complexity index is 714. The first-order valence-corrected chi connectivity index (χ1v) is 7.73. The minimum absolute atomic E-state index is 0.0249. The van der Waals surface area contributed by atoms with Crippen LogP contribution in [0.3, 0.4) is 0 Å². The van der Waals surface area contributed by atoms with Gasteiger partial charge in [0.1, 0.15) is 11.3 Å². The lowest BCUT2D eigenvalue weighted by Crippen LogP contribution is -2.39. The fraction of sp³-hybridized carbons (Fsp3) is 0.500. The summed E-state index contributed by atoms with van der Waals surface area (Å²) in [7, 11) is 1.57. The van der Waals surface area contributed by atoms with Crippen LogP contribution in [-0.2, 0) is 0 Å². The lowest BCUT2D eigenvalue weighted by Gasteiger charge is -2.26. The van der Waals surface area contributed by atoms with Gasteiger partial charge in [-0.15, -0.1) is 10.2 Å². The van der Waals surface area contributed by atoms with Gasteiger partial charge in [-0.1, -0.05) is 12.8 Å². The Morgan fingerprint density at radius 1 is 1.30 bits per heavy atom. The Kier molecular flexibility index (Phi) is 4.38. The Morgan fingerprint density at radius 3 is 2.78 bits per heavy atom. The fourth-order valence-electron chi connectivity index (χ4n) is 3.00. The number of carbonyl (C=O) groups excluding carboxylic acids is 1. The molecule has 1 aliphatic carbocycles. The van der Waals surface area contributed by atoms with Gasteiger partial charge >= 0.3 is 0 Å². The molecule has 23 heavy (non-hydrogen) atoms. The smallest absolute Gasteiger partial charge is 0.291 e. The van der Waals surface area contributed by atoms with Crippen molar-refractivity contribution in [3.05, 3.63) is 24.0 Å². The van der Waals surface area contributed by atoms with E-state index >= 15 is 0 Å². The highest BCUT2D eigenvalue weighted by Gasteiger charge is 2.33. The summed E-state index contributed by atoms with van der Waals surface area (Å²) < 4.78 is 5.15. The number of aromatic nitrogens is 3. The van der Waals surface area contributed by atoms with Crippen molar-refractivity contribution < 1.29 is 14.6 Å². The number of ether oxygens (including phenoxy) is 1. The molecular weight excluding hydrogens is 296 g/mol. The molecule has 3 rings (SSSR count). The predicted octanol–water partition coefficient (Wildman–Crippen LogP) is 1.32. The summed E-state index contributed by atoms with van der Waals surface area (Å²) in [5.74, 6) is 0.299. The minimum Gasteiger partial charge on any atom is -0.497 e. The molecule has 7 nitrogen and oxygen atoms in total. The summed E-state index contributed by atoms with van der Waals surface area (Å²) in [6.45, 7) is 0.517. The number of nitrogens with zero attached hydrogens (tertiary/aromatic N) is 3. The molecule has 1 saturated carbocycles. The van der Waals surface area contributed by atoms with Gasteiger partial charge in [0.05, 0.1) is 19.2 Å². The average Bonchev–Trinajstić information content (AvgIpc) is 3.08. The SMILES string of the molecule is COc1ccc2nnc(C(=O)NCC3(CO)CCCC3)nc2c1. The second-order valence-electron chi connectivity index (χ2n) is 6.04. The number of rotatable bonds is 5. The molecule has 0 spiro atoms. The van der Waals surface area contributed by atoms with Crippen LogP contribution in [0.1, 0.15) is 36.3 Å². The Labute approximate surface area is 134 Å². The third kappa shape index (κ3) is 3.24. The van der Waals surface area contributed by atoms with Crippen molar-refractivity contribution in [1.29, 1.82) is 0 Å². The van der Waals surface area contributed by atoms with Crippen molar-refractivity contribution in [2.24, 2.45) is 5.41 Å². The number of hydrogen-bond donors (Lipinski definition) is 2. The van der Waals surface area contributed by atoms with Gasteiger partial charge in [-0.05, 0) is 25.0 Å². The fourth-order valence-corrected chi connectivity index (χ4v) is 3.00. The van der Waals surface area contributed by atoms with E-state index in [1.165, 1.54) is 0 Å². The molecule has 1 aromatic heterocycles. The topological polar surface area (TPSA) is 97.2 Å². The zero-order valence-electron chi connectivity index (χ0n) is 13.1. The van der Waals surface area contributed by atoms with E-state index in [1.54, 1.807) is 25.3 Å². The molecule has 0 radical (unpaired) electrons. The maximum absolute atomic E-state index is 12.3. The minimum atomic E-state index is -0.373. The van der Waals surface area contributed by atoms with Crippen LogP contribution in [0.25, 0.3) is 11.0 Å². The van der Waals surface area contributed by atoms with Crippen LogP contribution in [-0.4, -0.2) is 46.5 Å². The molecule has 1 aromatic carbocycles. The number of aliphatic hydroxyl groups excluding tert-OH is 1. The summed E-state index contributed by atoms with van der Waals surface area (Å²) in [5, 5.41) is 20.3. The Morgan fingerprint density at radius 2 is 2.09 bits per heavy atom. The van der Waals surface area contributed by atoms with Gasteiger partial charge < -0.3 is 15.2 Å². The largest absolute Gasteiger partial charge is 0.497 e. The number of fused-ring (bicyclic) bond motifs is 1. The molecule has 1 fully saturated rings. The first kappa shape index (κ1) is 15.6. The van der Waals surface area contributed by atoms with E-state index in [9.17, 15) is 9.90 Å². The second-order valence-corrected chi connectivity index (χ2v) is 6.04. The normalized spacial score (nSPS) is 16.4. The van der Waals surface area contributed by atoms with Crippen molar-refractivity contribution in [3.8, 4) is 5.75 Å². The number of hydrogen-bond acceptors (Lipinski definition) is 6. The number of carbonyl (C=O) groups is 1. The summed E-state index contributed by atoms with van der Waals surface area (Å²) in [6.07, 6.45) is 4.03. The van der Waals surface area contributed by atoms with Crippen molar-refractivity contribution in [3.63, 3.8) is 0 Å². The first-order valence-electron chi connectivity index (χ1n) is 7.73. The lowest BCUT2D eigenvalue weighted by molar-refractivity contribution is 0.0870. The molecule has 1 aliphatic rings. The van der Waals surface area contributed by atoms with Gasteiger partial charge in [0.15, 0.2) is 0 Å². The van der Waals surface area contributed by atoms with Crippen molar-refractivity contribution in [1.82, 2.24) is 20.5 Å². The van der Waals surface area contributed by atoms with Crippen LogP contribution in [0.5, 0.6) is 5.75 Å². The van der Waals surface area contributed by atoms with Crippen LogP contribution in [0.4, 0.5) is 0 Å². The first-order chi connectivity index (χ1) is 11.2. The van der Waals surface area contributed by atoms with E-state index in [4.69, 9.17) is 4.74 Å². The highest BCUT2D eigenvalue weighted by atomic mass is 16.5. The highest BCUT2D eigenvalue weighted by molar-refractivity contribution is 5.92. The van der Waals surface area contributed by atoms with Crippen LogP contribution in [0.2, 0.25) is 0 Å². The van der Waals surface area contributed by atoms with Crippen molar-refractivity contribution in [2.75, 3.05) is 20.3 Å². The van der Waals surface area contributed by atoms with Gasteiger partial charge in [-0.3, -0.25) is 4.79 Å². The van der Waals surface area contributed by atoms with Crippen LogP contribution < -0.4 is 10.1 Å². The molecule has 0 bridgehead atoms. The standard InChI is InChI=1S/C16H20N4O3/c1-23-11-4-5-12-13(8-11)18-14(20-19-12)15(22)17-9-16(10-21)6-2-3-7-16/h4-5,8,21H,2-3,6-7,9-10H2,1H3,(H,17,22). The molecule has 0 aliphatic heterocycles. The molecule has 0 saturated heterocycles. The average molecular weight is 316 g/mol. The number of nitrogens with one attached hydrogen (secondary N) is 1. The number of aliphatic hydroxyl groups is 1. The van der Waals surface area contributed by atoms with Crippen LogP contribution in [0, 0.1) is 5.41 Å². The monoisotopic (exact) mass is 316 g/mol. The predicted molar refractivity (Wildman–Crippen MR) is 84.2 cm³/mol. The molecule has 2 aromatic rings. The quantitative estimate of drug-likeness (QED) is 0.863. The summed E-state index contributed by atoms with van der Waals surface area (Å²) >= 11 is 0. The van der Waals surface area contributed by atoms with E-state index in [2.05, 4.69) is 20.5 Å². The highest BCUT2D eigenvalue weighted by Crippen LogP contribution is 2.36. The number of amides is 1. The molecule has 7 heteroatoms. The maximum atomic E-state index is 12.3. The van der Waals surface area contributed by atoms with Gasteiger partial charge in [0, 0.05) is 18.0 Å². The third-order valence-electron chi connectivity index (χ3n) is 4.49. The van der Waals surface area contributed by atoms with Crippen molar-refractivity contribution >= 4 is 16.9 Å². The lowest BCUT2D eigenvalue weighted by atomic mass is 9.87. The Hall–Kier alpha value is -2.28. The van der Waals surface area contributed by atoms with E-state index in [0.717, 1.165) is 25.7 Å². The van der Waals surface area contributed by atoms with Gasteiger partial charge in [0.25, 0.3) is 5.91 Å². The summed E-state index contributed by atoms with van der Waals surface area (Å²) in [4.78, 5) is 16.5. The third-order valence-corrected chi connectivity index (χ3v) is 4.49. The number of benzene rings is 1. The zero-order chi connectivity index (χ0) is 16.3. The molecule has 122 valence electrons. The van der Waals surface area contributed by atoms with E-state index in [-0.39, 0.29) is 23.8 Å². The van der Waals surface area contributed by atoms with Crippen LogP contribution in [0.15, 0.2) is 18.2 Å². The van der Waals surface area contributed by atoms with E-state index in [1.807, 2.05) is 0 Å². The molecular formula is C16H20N4O3. The van der Waals surface area contributed by atoms with Gasteiger partial charge in [0.2, 0.25) is 5.82 Å². The molecule has 2 N–H and O–H groups in total. The van der Waals surface area contributed by atoms with Crippen molar-refractivity contribution in [2.45, 2.75) is 25.7 Å². The summed E-state index contributed by atoms with van der Waals surface area (Å²) in [6, 6.07) is 5.23. The number of methoxy groups -OCH3 is 1. The zero-order valence-corrected chi connectivity index (χ0v) is 13.1. The van der Waals surface area contributed by atoms with E-state index < -0.39 is 0 Å². The maximum Gasteiger partial charge on any atom is 0.291 e. The molecule has 1 heterocycles. The molecule has 0 atom stereocenters.